The van der Waals surface area contributed by atoms with Crippen LogP contribution >= 0.6 is 23.4 Å². The number of hydrogen-bond acceptors (Lipinski definition) is 7. The van der Waals surface area contributed by atoms with Crippen molar-refractivity contribution in [2.75, 3.05) is 19.8 Å². The predicted molar refractivity (Wildman–Crippen MR) is 126 cm³/mol. The summed E-state index contributed by atoms with van der Waals surface area (Å²) in [7, 11) is 0. The fourth-order valence-corrected chi connectivity index (χ4v) is 4.14. The Labute approximate surface area is 197 Å². The van der Waals surface area contributed by atoms with Crippen molar-refractivity contribution in [2.45, 2.75) is 45.0 Å². The number of ether oxygens (including phenoxy) is 1. The number of aromatic nitrogens is 5. The Hall–Kier alpha value is -2.49. The molecule has 0 saturated carbocycles. The number of carbonyl (C=O) groups excluding carboxylic acids is 1. The Bertz CT molecular complexity index is 1070. The van der Waals surface area contributed by atoms with Crippen LogP contribution in [-0.2, 0) is 10.5 Å². The molecule has 1 N–H and O–H groups in total. The van der Waals surface area contributed by atoms with Gasteiger partial charge in [0.2, 0.25) is 0 Å². The number of benzene rings is 1. The highest BCUT2D eigenvalue weighted by Gasteiger charge is 2.21. The summed E-state index contributed by atoms with van der Waals surface area (Å²) in [5, 5.41) is 12.6. The smallest absolute Gasteiger partial charge is 0.273 e. The monoisotopic (exact) mass is 474 g/mol. The van der Waals surface area contributed by atoms with Crippen LogP contribution in [0.2, 0.25) is 5.02 Å². The minimum Gasteiger partial charge on any atom is -0.382 e. The first-order valence-electron chi connectivity index (χ1n) is 10.4. The highest BCUT2D eigenvalue weighted by molar-refractivity contribution is 7.98. The van der Waals surface area contributed by atoms with Crippen molar-refractivity contribution in [3.05, 3.63) is 57.6 Å². The third-order valence-electron chi connectivity index (χ3n) is 4.63. The first kappa shape index (κ1) is 24.2. The van der Waals surface area contributed by atoms with Gasteiger partial charge in [-0.25, -0.2) is 14.6 Å². The molecule has 0 unspecified atom stereocenters. The van der Waals surface area contributed by atoms with Crippen LogP contribution in [-0.4, -0.2) is 50.6 Å². The second-order valence-corrected chi connectivity index (χ2v) is 8.61. The second kappa shape index (κ2) is 11.4. The number of amides is 1. The van der Waals surface area contributed by atoms with Gasteiger partial charge in [-0.05, 0) is 57.9 Å². The van der Waals surface area contributed by atoms with Crippen molar-refractivity contribution in [1.82, 2.24) is 30.3 Å². The first-order valence-corrected chi connectivity index (χ1v) is 11.8. The Morgan fingerprint density at radius 2 is 1.94 bits per heavy atom. The van der Waals surface area contributed by atoms with Crippen molar-refractivity contribution in [2.24, 2.45) is 0 Å². The molecular formula is C22H27ClN6O2S. The summed E-state index contributed by atoms with van der Waals surface area (Å²) in [5.41, 5.74) is 4.41. The standard InChI is InChI=1S/C22H27ClN6O2S/c1-5-31-10-6-9-24-21(30)20-19(13-32-22-25-15(3)11-16(4)26-22)29(28-27-20)17-8-7-14(2)18(23)12-17/h7-8,11-12H,5-6,9-10,13H2,1-4H3,(H,24,30). The third kappa shape index (κ3) is 6.27. The maximum absolute atomic E-state index is 12.8. The molecule has 1 amide bonds. The van der Waals surface area contributed by atoms with Gasteiger partial charge in [-0.1, -0.05) is 34.6 Å². The zero-order valence-corrected chi connectivity index (χ0v) is 20.3. The van der Waals surface area contributed by atoms with Gasteiger partial charge >= 0.3 is 0 Å². The van der Waals surface area contributed by atoms with Crippen LogP contribution in [0.1, 0.15) is 46.5 Å². The van der Waals surface area contributed by atoms with Crippen molar-refractivity contribution >= 4 is 29.3 Å². The fourth-order valence-electron chi connectivity index (χ4n) is 3.02. The van der Waals surface area contributed by atoms with Gasteiger partial charge in [0, 0.05) is 41.9 Å². The number of nitrogens with one attached hydrogen (secondary N) is 1. The van der Waals surface area contributed by atoms with E-state index in [1.807, 2.05) is 52.0 Å². The lowest BCUT2D eigenvalue weighted by molar-refractivity contribution is 0.0938. The van der Waals surface area contributed by atoms with Crippen LogP contribution in [0.4, 0.5) is 0 Å². The third-order valence-corrected chi connectivity index (χ3v) is 5.90. The largest absolute Gasteiger partial charge is 0.382 e. The van der Waals surface area contributed by atoms with Gasteiger partial charge in [0.05, 0.1) is 11.4 Å². The number of nitrogens with zero attached hydrogens (tertiary/aromatic N) is 5. The molecule has 2 heterocycles. The van der Waals surface area contributed by atoms with E-state index in [4.69, 9.17) is 16.3 Å². The van der Waals surface area contributed by atoms with Crippen LogP contribution in [0.5, 0.6) is 0 Å². The number of aryl methyl sites for hydroxylation is 3. The minimum absolute atomic E-state index is 0.273. The van der Waals surface area contributed by atoms with Crippen molar-refractivity contribution in [1.29, 1.82) is 0 Å². The Balaban J connectivity index is 1.86. The molecule has 32 heavy (non-hydrogen) atoms. The lowest BCUT2D eigenvalue weighted by Gasteiger charge is -2.10. The second-order valence-electron chi connectivity index (χ2n) is 7.26. The maximum Gasteiger partial charge on any atom is 0.273 e. The van der Waals surface area contributed by atoms with E-state index in [1.165, 1.54) is 11.8 Å². The molecule has 1 aromatic carbocycles. The molecule has 0 fully saturated rings. The Morgan fingerprint density at radius 3 is 2.62 bits per heavy atom. The van der Waals surface area contributed by atoms with E-state index >= 15 is 0 Å². The van der Waals surface area contributed by atoms with E-state index in [-0.39, 0.29) is 11.6 Å². The molecule has 0 aliphatic rings. The van der Waals surface area contributed by atoms with Crippen LogP contribution in [0.15, 0.2) is 29.4 Å². The van der Waals surface area contributed by atoms with Crippen LogP contribution in [0, 0.1) is 20.8 Å². The molecule has 0 aliphatic heterocycles. The highest BCUT2D eigenvalue weighted by Crippen LogP contribution is 2.25. The molecule has 2 aromatic heterocycles. The Morgan fingerprint density at radius 1 is 1.19 bits per heavy atom. The molecule has 170 valence electrons. The van der Waals surface area contributed by atoms with E-state index in [0.29, 0.717) is 41.4 Å². The summed E-state index contributed by atoms with van der Waals surface area (Å²) < 4.78 is 6.97. The zero-order valence-electron chi connectivity index (χ0n) is 18.7. The van der Waals surface area contributed by atoms with E-state index in [1.54, 1.807) is 4.68 Å². The average molecular weight is 475 g/mol. The molecule has 3 aromatic rings. The quantitative estimate of drug-likeness (QED) is 0.268. The molecule has 8 nitrogen and oxygen atoms in total. The molecular weight excluding hydrogens is 448 g/mol. The molecule has 0 aliphatic carbocycles. The summed E-state index contributed by atoms with van der Waals surface area (Å²) in [6, 6.07) is 7.56. The van der Waals surface area contributed by atoms with Gasteiger partial charge in [0.15, 0.2) is 10.9 Å². The predicted octanol–water partition coefficient (Wildman–Crippen LogP) is 4.08. The van der Waals surface area contributed by atoms with Crippen molar-refractivity contribution in [3.8, 4) is 5.69 Å². The zero-order chi connectivity index (χ0) is 23.1. The topological polar surface area (TPSA) is 94.8 Å². The molecule has 0 radical (unpaired) electrons. The number of rotatable bonds is 10. The number of thioether (sulfide) groups is 1. The van der Waals surface area contributed by atoms with Crippen LogP contribution < -0.4 is 5.32 Å². The van der Waals surface area contributed by atoms with E-state index in [9.17, 15) is 4.79 Å². The van der Waals surface area contributed by atoms with Gasteiger partial charge in [-0.15, -0.1) is 5.10 Å². The number of halogens is 1. The number of carbonyl (C=O) groups is 1. The maximum atomic E-state index is 12.8. The van der Waals surface area contributed by atoms with Crippen molar-refractivity contribution in [3.63, 3.8) is 0 Å². The lowest BCUT2D eigenvalue weighted by Crippen LogP contribution is -2.26. The van der Waals surface area contributed by atoms with E-state index in [2.05, 4.69) is 25.6 Å². The molecule has 3 rings (SSSR count). The molecule has 0 bridgehead atoms. The molecule has 0 spiro atoms. The van der Waals surface area contributed by atoms with Gasteiger partial charge in [0.25, 0.3) is 5.91 Å². The fraction of sp³-hybridized carbons (Fsp3) is 0.409. The van der Waals surface area contributed by atoms with Gasteiger partial charge in [-0.2, -0.15) is 0 Å². The molecule has 10 heteroatoms. The summed E-state index contributed by atoms with van der Waals surface area (Å²) in [6.07, 6.45) is 0.724. The van der Waals surface area contributed by atoms with E-state index < -0.39 is 0 Å². The van der Waals surface area contributed by atoms with Gasteiger partial charge < -0.3 is 10.1 Å². The lowest BCUT2D eigenvalue weighted by atomic mass is 10.2. The minimum atomic E-state index is -0.275. The average Bonchev–Trinajstić information content (AvgIpc) is 3.17. The van der Waals surface area contributed by atoms with E-state index in [0.717, 1.165) is 29.1 Å². The normalized spacial score (nSPS) is 11.0. The summed E-state index contributed by atoms with van der Waals surface area (Å²) in [6.45, 7) is 9.48. The molecule has 0 saturated heterocycles. The summed E-state index contributed by atoms with van der Waals surface area (Å²) >= 11 is 7.76. The van der Waals surface area contributed by atoms with Gasteiger partial charge in [0.1, 0.15) is 0 Å². The SMILES string of the molecule is CCOCCCNC(=O)c1nnn(-c2ccc(C)c(Cl)c2)c1CSc1nc(C)cc(C)n1. The first-order chi connectivity index (χ1) is 15.4. The van der Waals surface area contributed by atoms with Crippen LogP contribution in [0.25, 0.3) is 5.69 Å². The van der Waals surface area contributed by atoms with Crippen molar-refractivity contribution < 1.29 is 9.53 Å². The highest BCUT2D eigenvalue weighted by atomic mass is 35.5. The number of hydrogen-bond donors (Lipinski definition) is 1. The van der Waals surface area contributed by atoms with Crippen LogP contribution in [0.3, 0.4) is 0 Å². The molecule has 0 atom stereocenters. The van der Waals surface area contributed by atoms with Gasteiger partial charge in [-0.3, -0.25) is 4.79 Å². The summed E-state index contributed by atoms with van der Waals surface area (Å²) in [4.78, 5) is 21.8. The summed E-state index contributed by atoms with van der Waals surface area (Å²) in [5.74, 6) is 0.145. The Kier molecular flexibility index (Phi) is 8.60.